The smallest absolute Gasteiger partial charge is 0.240 e. The van der Waals surface area contributed by atoms with Crippen LogP contribution in [0.2, 0.25) is 0 Å². The number of fused-ring (bicyclic) bond motifs is 1. The maximum atomic E-state index is 12.3. The lowest BCUT2D eigenvalue weighted by Crippen LogP contribution is -2.27. The number of methoxy groups -OCH3 is 1. The van der Waals surface area contributed by atoms with Crippen molar-refractivity contribution in [2.75, 3.05) is 20.3 Å². The van der Waals surface area contributed by atoms with E-state index in [4.69, 9.17) is 4.74 Å². The summed E-state index contributed by atoms with van der Waals surface area (Å²) >= 11 is 0. The summed E-state index contributed by atoms with van der Waals surface area (Å²) < 4.78 is 31.8. The van der Waals surface area contributed by atoms with Crippen molar-refractivity contribution in [3.8, 4) is 11.5 Å². The molecule has 0 fully saturated rings. The van der Waals surface area contributed by atoms with E-state index in [0.717, 1.165) is 5.39 Å². The van der Waals surface area contributed by atoms with Crippen LogP contribution in [0.1, 0.15) is 0 Å². The molecular weight excluding hydrogens is 382 g/mol. The molecule has 0 spiro atoms. The highest BCUT2D eigenvalue weighted by molar-refractivity contribution is 7.89. The molecule has 3 aromatic carbocycles. The summed E-state index contributed by atoms with van der Waals surface area (Å²) in [5, 5.41) is 29.7. The molecule has 146 valence electrons. The highest BCUT2D eigenvalue weighted by Gasteiger charge is 2.16. The topological polar surface area (TPSA) is 121 Å². The van der Waals surface area contributed by atoms with Crippen LogP contribution in [0.15, 0.2) is 69.7 Å². The van der Waals surface area contributed by atoms with Crippen LogP contribution in [-0.2, 0) is 14.8 Å². The van der Waals surface area contributed by atoms with E-state index in [9.17, 15) is 18.6 Å². The lowest BCUT2D eigenvalue weighted by atomic mass is 10.1. The van der Waals surface area contributed by atoms with Crippen molar-refractivity contribution in [2.45, 2.75) is 4.90 Å². The molecule has 28 heavy (non-hydrogen) atoms. The molecule has 0 heterocycles. The number of phenolic OH excluding ortho intramolecular Hbond substituents is 2. The minimum Gasteiger partial charge on any atom is -0.506 e. The van der Waals surface area contributed by atoms with Gasteiger partial charge in [-0.3, -0.25) is 0 Å². The van der Waals surface area contributed by atoms with Crippen molar-refractivity contribution in [3.63, 3.8) is 0 Å². The molecular formula is C19H19N3O5S. The van der Waals surface area contributed by atoms with Gasteiger partial charge in [0.1, 0.15) is 22.9 Å². The first kappa shape index (κ1) is 19.7. The Morgan fingerprint density at radius 3 is 2.54 bits per heavy atom. The van der Waals surface area contributed by atoms with Crippen molar-refractivity contribution in [2.24, 2.45) is 10.2 Å². The number of benzene rings is 3. The van der Waals surface area contributed by atoms with Gasteiger partial charge < -0.3 is 14.9 Å². The molecule has 0 saturated carbocycles. The van der Waals surface area contributed by atoms with E-state index >= 15 is 0 Å². The van der Waals surface area contributed by atoms with E-state index in [1.807, 2.05) is 12.1 Å². The first-order valence-electron chi connectivity index (χ1n) is 8.36. The number of nitrogens with zero attached hydrogens (tertiary/aromatic N) is 2. The molecule has 0 radical (unpaired) electrons. The standard InChI is InChI=1S/C19H19N3O5S/c1-27-11-10-20-28(25,26)14-7-9-17(23)16(12-14)21-22-19-15-5-3-2-4-13(15)6-8-18(19)24/h2-9,12,20,23-24H,10-11H2,1H3. The van der Waals surface area contributed by atoms with Gasteiger partial charge in [-0.1, -0.05) is 30.3 Å². The van der Waals surface area contributed by atoms with Gasteiger partial charge in [0.2, 0.25) is 10.0 Å². The van der Waals surface area contributed by atoms with Crippen LogP contribution < -0.4 is 4.72 Å². The molecule has 0 aromatic heterocycles. The van der Waals surface area contributed by atoms with Crippen molar-refractivity contribution in [3.05, 3.63) is 54.6 Å². The Labute approximate surface area is 162 Å². The summed E-state index contributed by atoms with van der Waals surface area (Å²) in [6.45, 7) is 0.338. The monoisotopic (exact) mass is 401 g/mol. The molecule has 0 aliphatic carbocycles. The van der Waals surface area contributed by atoms with Crippen LogP contribution in [0.3, 0.4) is 0 Å². The van der Waals surface area contributed by atoms with Crippen molar-refractivity contribution >= 4 is 32.2 Å². The maximum absolute atomic E-state index is 12.3. The summed E-state index contributed by atoms with van der Waals surface area (Å²) in [5.74, 6) is -0.314. The molecule has 0 bridgehead atoms. The molecule has 0 unspecified atom stereocenters. The fraction of sp³-hybridized carbons (Fsp3) is 0.158. The van der Waals surface area contributed by atoms with E-state index < -0.39 is 10.0 Å². The Morgan fingerprint density at radius 2 is 1.75 bits per heavy atom. The minimum atomic E-state index is -3.79. The molecule has 0 atom stereocenters. The highest BCUT2D eigenvalue weighted by atomic mass is 32.2. The number of hydrogen-bond acceptors (Lipinski definition) is 7. The molecule has 3 rings (SSSR count). The zero-order chi connectivity index (χ0) is 20.1. The highest BCUT2D eigenvalue weighted by Crippen LogP contribution is 2.37. The largest absolute Gasteiger partial charge is 0.506 e. The zero-order valence-corrected chi connectivity index (χ0v) is 15.8. The van der Waals surface area contributed by atoms with E-state index in [0.29, 0.717) is 5.39 Å². The fourth-order valence-corrected chi connectivity index (χ4v) is 3.60. The molecule has 3 aromatic rings. The molecule has 0 saturated heterocycles. The Hall–Kier alpha value is -3.01. The third-order valence-corrected chi connectivity index (χ3v) is 5.45. The number of sulfonamides is 1. The predicted molar refractivity (Wildman–Crippen MR) is 105 cm³/mol. The van der Waals surface area contributed by atoms with Crippen molar-refractivity contribution in [1.29, 1.82) is 0 Å². The van der Waals surface area contributed by atoms with Gasteiger partial charge in [0.05, 0.1) is 11.5 Å². The number of hydrogen-bond donors (Lipinski definition) is 3. The van der Waals surface area contributed by atoms with Crippen molar-refractivity contribution < 1.29 is 23.4 Å². The minimum absolute atomic E-state index is 0.0399. The average molecular weight is 401 g/mol. The normalized spacial score (nSPS) is 12.0. The van der Waals surface area contributed by atoms with Gasteiger partial charge in [-0.15, -0.1) is 10.2 Å². The second-order valence-corrected chi connectivity index (χ2v) is 7.66. The van der Waals surface area contributed by atoms with Crippen LogP contribution in [0.25, 0.3) is 10.8 Å². The van der Waals surface area contributed by atoms with Gasteiger partial charge in [0.25, 0.3) is 0 Å². The van der Waals surface area contributed by atoms with Gasteiger partial charge in [0, 0.05) is 19.0 Å². The lowest BCUT2D eigenvalue weighted by molar-refractivity contribution is 0.204. The predicted octanol–water partition coefficient (Wildman–Crippen LogP) is 3.59. The van der Waals surface area contributed by atoms with Crippen molar-refractivity contribution in [1.82, 2.24) is 4.72 Å². The molecule has 8 nitrogen and oxygen atoms in total. The first-order valence-corrected chi connectivity index (χ1v) is 9.85. The third kappa shape index (κ3) is 4.28. The number of azo groups is 1. The second kappa shape index (κ2) is 8.34. The molecule has 9 heteroatoms. The summed E-state index contributed by atoms with van der Waals surface area (Å²) in [6.07, 6.45) is 0. The van der Waals surface area contributed by atoms with E-state index in [-0.39, 0.29) is 40.9 Å². The number of rotatable bonds is 7. The Balaban J connectivity index is 1.96. The van der Waals surface area contributed by atoms with E-state index in [1.54, 1.807) is 18.2 Å². The lowest BCUT2D eigenvalue weighted by Gasteiger charge is -2.08. The summed E-state index contributed by atoms with van der Waals surface area (Å²) in [6, 6.07) is 14.2. The van der Waals surface area contributed by atoms with Gasteiger partial charge in [0.15, 0.2) is 0 Å². The quantitative estimate of drug-likeness (QED) is 0.413. The van der Waals surface area contributed by atoms with Gasteiger partial charge in [-0.2, -0.15) is 0 Å². The van der Waals surface area contributed by atoms with E-state index in [2.05, 4.69) is 15.0 Å². The SMILES string of the molecule is COCCNS(=O)(=O)c1ccc(O)c(N=Nc2c(O)ccc3ccccc23)c1. The van der Waals surface area contributed by atoms with E-state index in [1.165, 1.54) is 31.4 Å². The summed E-state index contributed by atoms with van der Waals surface area (Å²) in [5.41, 5.74) is 0.186. The maximum Gasteiger partial charge on any atom is 0.240 e. The van der Waals surface area contributed by atoms with Crippen LogP contribution >= 0.6 is 0 Å². The number of nitrogens with one attached hydrogen (secondary N) is 1. The number of ether oxygens (including phenoxy) is 1. The molecule has 0 aliphatic rings. The zero-order valence-electron chi connectivity index (χ0n) is 15.0. The Kier molecular flexibility index (Phi) is 5.88. The fourth-order valence-electron chi connectivity index (χ4n) is 2.56. The summed E-state index contributed by atoms with van der Waals surface area (Å²) in [7, 11) is -2.32. The van der Waals surface area contributed by atoms with Crippen LogP contribution in [0.4, 0.5) is 11.4 Å². The van der Waals surface area contributed by atoms with Gasteiger partial charge in [-0.25, -0.2) is 13.1 Å². The van der Waals surface area contributed by atoms with Crippen LogP contribution in [0.5, 0.6) is 11.5 Å². The molecule has 0 amide bonds. The third-order valence-electron chi connectivity index (χ3n) is 3.99. The summed E-state index contributed by atoms with van der Waals surface area (Å²) in [4.78, 5) is -0.0718. The number of phenols is 2. The van der Waals surface area contributed by atoms with Crippen LogP contribution in [0, 0.1) is 0 Å². The average Bonchev–Trinajstić information content (AvgIpc) is 2.68. The number of aromatic hydroxyl groups is 2. The van der Waals surface area contributed by atoms with Gasteiger partial charge >= 0.3 is 0 Å². The van der Waals surface area contributed by atoms with Gasteiger partial charge in [-0.05, 0) is 29.7 Å². The Bertz CT molecular complexity index is 1130. The molecule has 0 aliphatic heterocycles. The van der Waals surface area contributed by atoms with Crippen LogP contribution in [-0.4, -0.2) is 38.9 Å². The second-order valence-electron chi connectivity index (χ2n) is 5.90. The Morgan fingerprint density at radius 1 is 1.00 bits per heavy atom. The molecule has 3 N–H and O–H groups in total. The first-order chi connectivity index (χ1) is 13.4.